The second-order valence-electron chi connectivity index (χ2n) is 3.66. The summed E-state index contributed by atoms with van der Waals surface area (Å²) in [6.45, 7) is 4.00. The standard InChI is InChI=1S/C11H14O2.C2H6/c12-11(13)6-5-9-7-8-3-1-2-4-10(8)9;1-2/h1-4,9,11-13H,5-7H2;1-2H3. The maximum Gasteiger partial charge on any atom is 0.151 e. The number of benzene rings is 1. The minimum absolute atomic E-state index is 0.485. The van der Waals surface area contributed by atoms with Crippen molar-refractivity contribution in [1.82, 2.24) is 0 Å². The van der Waals surface area contributed by atoms with E-state index in [1.165, 1.54) is 11.1 Å². The normalized spacial score (nSPS) is 17.5. The van der Waals surface area contributed by atoms with Gasteiger partial charge in [-0.25, -0.2) is 0 Å². The highest BCUT2D eigenvalue weighted by Gasteiger charge is 2.25. The molecule has 1 aliphatic rings. The highest BCUT2D eigenvalue weighted by molar-refractivity contribution is 5.39. The summed E-state index contributed by atoms with van der Waals surface area (Å²) in [5, 5.41) is 17.4. The number of rotatable bonds is 3. The summed E-state index contributed by atoms with van der Waals surface area (Å²) in [7, 11) is 0. The van der Waals surface area contributed by atoms with Gasteiger partial charge >= 0.3 is 0 Å². The molecule has 15 heavy (non-hydrogen) atoms. The van der Waals surface area contributed by atoms with Crippen LogP contribution in [0.1, 0.15) is 43.7 Å². The third-order valence-electron chi connectivity index (χ3n) is 2.73. The zero-order valence-electron chi connectivity index (χ0n) is 9.48. The SMILES string of the molecule is CC.OC(O)CCC1Cc2ccccc21. The fraction of sp³-hybridized carbons (Fsp3) is 0.538. The van der Waals surface area contributed by atoms with E-state index in [1.807, 2.05) is 19.9 Å². The van der Waals surface area contributed by atoms with Crippen molar-refractivity contribution in [2.75, 3.05) is 0 Å². The number of hydrogen-bond acceptors (Lipinski definition) is 2. The van der Waals surface area contributed by atoms with Crippen LogP contribution in [0.15, 0.2) is 24.3 Å². The smallest absolute Gasteiger partial charge is 0.151 e. The van der Waals surface area contributed by atoms with Crippen LogP contribution in [0.5, 0.6) is 0 Å². The van der Waals surface area contributed by atoms with E-state index in [4.69, 9.17) is 10.2 Å². The Morgan fingerprint density at radius 1 is 1.27 bits per heavy atom. The third-order valence-corrected chi connectivity index (χ3v) is 2.73. The lowest BCUT2D eigenvalue weighted by Gasteiger charge is -2.30. The average molecular weight is 208 g/mol. The van der Waals surface area contributed by atoms with Crippen LogP contribution >= 0.6 is 0 Å². The quantitative estimate of drug-likeness (QED) is 0.749. The van der Waals surface area contributed by atoms with E-state index >= 15 is 0 Å². The minimum Gasteiger partial charge on any atom is -0.368 e. The van der Waals surface area contributed by atoms with E-state index in [-0.39, 0.29) is 0 Å². The molecule has 2 rings (SSSR count). The van der Waals surface area contributed by atoms with Gasteiger partial charge in [-0.05, 0) is 36.3 Å². The molecule has 0 saturated heterocycles. The molecule has 1 unspecified atom stereocenters. The van der Waals surface area contributed by atoms with Crippen molar-refractivity contribution in [2.45, 2.75) is 45.3 Å². The molecular formula is C13H20O2. The topological polar surface area (TPSA) is 40.5 Å². The summed E-state index contributed by atoms with van der Waals surface area (Å²) in [5.74, 6) is 0.554. The predicted molar refractivity (Wildman–Crippen MR) is 61.7 cm³/mol. The molecule has 0 aliphatic heterocycles. The van der Waals surface area contributed by atoms with Gasteiger partial charge in [0.25, 0.3) is 0 Å². The Labute approximate surface area is 91.6 Å². The third kappa shape index (κ3) is 3.05. The molecule has 0 heterocycles. The molecule has 1 atom stereocenters. The maximum absolute atomic E-state index is 8.72. The van der Waals surface area contributed by atoms with Crippen LogP contribution in [-0.2, 0) is 6.42 Å². The number of hydrogen-bond donors (Lipinski definition) is 2. The van der Waals surface area contributed by atoms with Gasteiger partial charge in [0.05, 0.1) is 0 Å². The van der Waals surface area contributed by atoms with Gasteiger partial charge in [0.2, 0.25) is 0 Å². The van der Waals surface area contributed by atoms with Gasteiger partial charge in [-0.2, -0.15) is 0 Å². The summed E-state index contributed by atoms with van der Waals surface area (Å²) >= 11 is 0. The molecule has 84 valence electrons. The number of aliphatic hydroxyl groups is 2. The van der Waals surface area contributed by atoms with Gasteiger partial charge in [-0.3, -0.25) is 0 Å². The molecule has 2 heteroatoms. The van der Waals surface area contributed by atoms with Crippen molar-refractivity contribution >= 4 is 0 Å². The lowest BCUT2D eigenvalue weighted by atomic mass is 9.75. The van der Waals surface area contributed by atoms with Crippen LogP contribution in [0.4, 0.5) is 0 Å². The largest absolute Gasteiger partial charge is 0.368 e. The summed E-state index contributed by atoms with van der Waals surface area (Å²) in [6.07, 6.45) is 1.32. The fourth-order valence-corrected chi connectivity index (χ4v) is 1.97. The first-order chi connectivity index (χ1) is 7.27. The second-order valence-corrected chi connectivity index (χ2v) is 3.66. The zero-order valence-corrected chi connectivity index (χ0v) is 9.48. The van der Waals surface area contributed by atoms with Crippen molar-refractivity contribution in [1.29, 1.82) is 0 Å². The Morgan fingerprint density at radius 2 is 1.93 bits per heavy atom. The summed E-state index contributed by atoms with van der Waals surface area (Å²) in [4.78, 5) is 0. The Hall–Kier alpha value is -0.860. The number of fused-ring (bicyclic) bond motifs is 1. The van der Waals surface area contributed by atoms with E-state index in [2.05, 4.69) is 18.2 Å². The predicted octanol–water partition coefficient (Wildman–Crippen LogP) is 2.44. The van der Waals surface area contributed by atoms with Gasteiger partial charge in [0, 0.05) is 0 Å². The van der Waals surface area contributed by atoms with E-state index in [1.54, 1.807) is 0 Å². The molecule has 0 amide bonds. The molecule has 1 aromatic carbocycles. The van der Waals surface area contributed by atoms with Crippen LogP contribution in [-0.4, -0.2) is 16.5 Å². The van der Waals surface area contributed by atoms with Gasteiger partial charge in [-0.15, -0.1) is 0 Å². The molecule has 0 spiro atoms. The second kappa shape index (κ2) is 5.89. The molecule has 1 aliphatic carbocycles. The lowest BCUT2D eigenvalue weighted by Crippen LogP contribution is -2.18. The van der Waals surface area contributed by atoms with Gasteiger partial charge in [0.1, 0.15) is 0 Å². The van der Waals surface area contributed by atoms with Crippen molar-refractivity contribution in [3.05, 3.63) is 35.4 Å². The fourth-order valence-electron chi connectivity index (χ4n) is 1.97. The highest BCUT2D eigenvalue weighted by Crippen LogP contribution is 2.37. The van der Waals surface area contributed by atoms with Gasteiger partial charge in [0.15, 0.2) is 6.29 Å². The van der Waals surface area contributed by atoms with Crippen molar-refractivity contribution in [2.24, 2.45) is 0 Å². The molecule has 2 nitrogen and oxygen atoms in total. The van der Waals surface area contributed by atoms with Gasteiger partial charge in [-0.1, -0.05) is 38.1 Å². The highest BCUT2D eigenvalue weighted by atomic mass is 16.5. The molecule has 0 radical (unpaired) electrons. The molecule has 0 aromatic heterocycles. The van der Waals surface area contributed by atoms with Crippen molar-refractivity contribution in [3.63, 3.8) is 0 Å². The van der Waals surface area contributed by atoms with Crippen LogP contribution in [0.2, 0.25) is 0 Å². The first kappa shape index (κ1) is 12.2. The van der Waals surface area contributed by atoms with E-state index in [0.29, 0.717) is 12.3 Å². The number of aliphatic hydroxyl groups excluding tert-OH is 1. The lowest BCUT2D eigenvalue weighted by molar-refractivity contribution is -0.0477. The molecule has 1 aromatic rings. The molecule has 0 bridgehead atoms. The van der Waals surface area contributed by atoms with Crippen LogP contribution in [0.3, 0.4) is 0 Å². The monoisotopic (exact) mass is 208 g/mol. The Balaban J connectivity index is 0.000000531. The van der Waals surface area contributed by atoms with Crippen molar-refractivity contribution in [3.8, 4) is 0 Å². The van der Waals surface area contributed by atoms with Crippen molar-refractivity contribution < 1.29 is 10.2 Å². The van der Waals surface area contributed by atoms with Crippen LogP contribution in [0, 0.1) is 0 Å². The molecule has 0 saturated carbocycles. The molecule has 2 N–H and O–H groups in total. The summed E-state index contributed by atoms with van der Waals surface area (Å²) in [6, 6.07) is 8.37. The first-order valence-electron chi connectivity index (χ1n) is 5.71. The Morgan fingerprint density at radius 3 is 2.53 bits per heavy atom. The van der Waals surface area contributed by atoms with Crippen LogP contribution in [0.25, 0.3) is 0 Å². The average Bonchev–Trinajstić information content (AvgIpc) is 2.22. The van der Waals surface area contributed by atoms with Crippen LogP contribution < -0.4 is 0 Å². The van der Waals surface area contributed by atoms with E-state index < -0.39 is 6.29 Å². The Kier molecular flexibility index (Phi) is 4.79. The maximum atomic E-state index is 8.72. The minimum atomic E-state index is -1.15. The van der Waals surface area contributed by atoms with Gasteiger partial charge < -0.3 is 10.2 Å². The first-order valence-corrected chi connectivity index (χ1v) is 5.71. The van der Waals surface area contributed by atoms with E-state index in [9.17, 15) is 0 Å². The summed E-state index contributed by atoms with van der Waals surface area (Å²) < 4.78 is 0. The summed E-state index contributed by atoms with van der Waals surface area (Å²) in [5.41, 5.74) is 2.81. The Bertz CT molecular complexity index is 294. The molecule has 0 fully saturated rings. The zero-order chi connectivity index (χ0) is 11.3. The van der Waals surface area contributed by atoms with E-state index in [0.717, 1.165) is 12.8 Å². The molecular weight excluding hydrogens is 188 g/mol.